The highest BCUT2D eigenvalue weighted by molar-refractivity contribution is 5.77. The third kappa shape index (κ3) is 5.45. The number of nitrogens with zero attached hydrogens (tertiary/aromatic N) is 5. The number of aryl methyl sites for hydroxylation is 1. The van der Waals surface area contributed by atoms with Crippen LogP contribution < -0.4 is 5.32 Å². The molecule has 0 saturated heterocycles. The Bertz CT molecular complexity index is 481. The normalized spacial score (nSPS) is 11.7. The lowest BCUT2D eigenvalue weighted by Gasteiger charge is -2.18. The zero-order valence-electron chi connectivity index (χ0n) is 12.5. The van der Waals surface area contributed by atoms with E-state index in [1.54, 1.807) is 19.4 Å². The summed E-state index contributed by atoms with van der Waals surface area (Å²) in [5, 5.41) is 6.61. The Morgan fingerprint density at radius 1 is 1.62 bits per heavy atom. The zero-order chi connectivity index (χ0) is 15.5. The van der Waals surface area contributed by atoms with E-state index >= 15 is 0 Å². The van der Waals surface area contributed by atoms with Crippen molar-refractivity contribution >= 4 is 5.97 Å². The van der Waals surface area contributed by atoms with E-state index in [9.17, 15) is 4.79 Å². The first-order chi connectivity index (χ1) is 10.2. The SMILES string of the molecule is CCCn1cncc1C(NCCCN=[N+]=[N-])C(=O)OCC. The predicted octanol–water partition coefficient (Wildman–Crippen LogP) is 2.19. The van der Waals surface area contributed by atoms with Crippen molar-refractivity contribution in [3.05, 3.63) is 28.7 Å². The third-order valence-electron chi connectivity index (χ3n) is 2.87. The first-order valence-corrected chi connectivity index (χ1v) is 7.15. The summed E-state index contributed by atoms with van der Waals surface area (Å²) in [6.07, 6.45) is 5.00. The summed E-state index contributed by atoms with van der Waals surface area (Å²) in [5.41, 5.74) is 9.02. The number of aromatic nitrogens is 2. The van der Waals surface area contributed by atoms with Crippen molar-refractivity contribution in [2.24, 2.45) is 5.11 Å². The molecule has 1 heterocycles. The molecule has 1 rings (SSSR count). The van der Waals surface area contributed by atoms with E-state index in [0.717, 1.165) is 18.7 Å². The van der Waals surface area contributed by atoms with Crippen molar-refractivity contribution in [2.75, 3.05) is 19.7 Å². The molecule has 1 atom stereocenters. The predicted molar refractivity (Wildman–Crippen MR) is 78.5 cm³/mol. The van der Waals surface area contributed by atoms with Crippen LogP contribution in [0, 0.1) is 0 Å². The summed E-state index contributed by atoms with van der Waals surface area (Å²) in [6, 6.07) is -0.551. The van der Waals surface area contributed by atoms with Crippen molar-refractivity contribution in [2.45, 2.75) is 39.3 Å². The average Bonchev–Trinajstić information content (AvgIpc) is 2.91. The number of carbonyl (C=O) groups excluding carboxylic acids is 1. The molecule has 0 aliphatic carbocycles. The largest absolute Gasteiger partial charge is 0.465 e. The molecular weight excluding hydrogens is 272 g/mol. The molecule has 0 bridgehead atoms. The molecule has 0 saturated carbocycles. The number of azide groups is 1. The van der Waals surface area contributed by atoms with E-state index in [-0.39, 0.29) is 5.97 Å². The van der Waals surface area contributed by atoms with E-state index in [4.69, 9.17) is 10.3 Å². The van der Waals surface area contributed by atoms with Gasteiger partial charge in [-0.05, 0) is 31.8 Å². The fourth-order valence-electron chi connectivity index (χ4n) is 1.97. The van der Waals surface area contributed by atoms with Gasteiger partial charge in [-0.2, -0.15) is 0 Å². The standard InChI is InChI=1S/C13H22N6O2/c1-3-8-19-10-15-9-11(19)12(13(20)21-4-2)16-6-5-7-17-18-14/h9-10,12,16H,3-8H2,1-2H3. The lowest BCUT2D eigenvalue weighted by atomic mass is 10.2. The monoisotopic (exact) mass is 294 g/mol. The van der Waals surface area contributed by atoms with Gasteiger partial charge in [-0.3, -0.25) is 5.32 Å². The van der Waals surface area contributed by atoms with Crippen LogP contribution in [0.3, 0.4) is 0 Å². The summed E-state index contributed by atoms with van der Waals surface area (Å²) < 4.78 is 7.06. The zero-order valence-corrected chi connectivity index (χ0v) is 12.5. The molecule has 0 spiro atoms. The second-order valence-electron chi connectivity index (χ2n) is 4.46. The Morgan fingerprint density at radius 2 is 2.43 bits per heavy atom. The number of hydrogen-bond acceptors (Lipinski definition) is 5. The van der Waals surface area contributed by atoms with E-state index in [0.29, 0.717) is 26.1 Å². The molecule has 116 valence electrons. The lowest BCUT2D eigenvalue weighted by molar-refractivity contribution is -0.146. The van der Waals surface area contributed by atoms with Gasteiger partial charge < -0.3 is 9.30 Å². The molecule has 1 unspecified atom stereocenters. The molecule has 8 heteroatoms. The van der Waals surface area contributed by atoms with Crippen LogP contribution in [-0.2, 0) is 16.1 Å². The molecule has 0 aliphatic heterocycles. The second kappa shape index (κ2) is 9.79. The highest BCUT2D eigenvalue weighted by Gasteiger charge is 2.24. The summed E-state index contributed by atoms with van der Waals surface area (Å²) in [4.78, 5) is 18.9. The highest BCUT2D eigenvalue weighted by atomic mass is 16.5. The molecule has 1 aromatic heterocycles. The van der Waals surface area contributed by atoms with Gasteiger partial charge in [0.2, 0.25) is 0 Å². The summed E-state index contributed by atoms with van der Waals surface area (Å²) in [6.45, 7) is 5.92. The summed E-state index contributed by atoms with van der Waals surface area (Å²) in [7, 11) is 0. The quantitative estimate of drug-likeness (QED) is 0.235. The molecule has 0 radical (unpaired) electrons. The first-order valence-electron chi connectivity index (χ1n) is 7.15. The van der Waals surface area contributed by atoms with Crippen LogP contribution in [0.25, 0.3) is 10.4 Å². The Hall–Kier alpha value is -2.05. The number of rotatable bonds is 10. The van der Waals surface area contributed by atoms with Gasteiger partial charge in [0.1, 0.15) is 6.04 Å². The van der Waals surface area contributed by atoms with E-state index in [1.165, 1.54) is 0 Å². The first kappa shape index (κ1) is 17.0. The van der Waals surface area contributed by atoms with Crippen molar-refractivity contribution in [1.29, 1.82) is 0 Å². The maximum atomic E-state index is 12.1. The van der Waals surface area contributed by atoms with Crippen LogP contribution in [0.5, 0.6) is 0 Å². The summed E-state index contributed by atoms with van der Waals surface area (Å²) >= 11 is 0. The Balaban J connectivity index is 2.73. The molecule has 0 aromatic carbocycles. The highest BCUT2D eigenvalue weighted by Crippen LogP contribution is 2.15. The number of imidazole rings is 1. The van der Waals surface area contributed by atoms with Crippen LogP contribution in [0.4, 0.5) is 0 Å². The number of hydrogen-bond donors (Lipinski definition) is 1. The van der Waals surface area contributed by atoms with Gasteiger partial charge in [0.25, 0.3) is 0 Å². The van der Waals surface area contributed by atoms with Gasteiger partial charge in [0.15, 0.2) is 0 Å². The van der Waals surface area contributed by atoms with Crippen molar-refractivity contribution in [3.63, 3.8) is 0 Å². The Labute approximate surface area is 124 Å². The second-order valence-corrected chi connectivity index (χ2v) is 4.46. The minimum atomic E-state index is -0.551. The minimum Gasteiger partial charge on any atom is -0.465 e. The van der Waals surface area contributed by atoms with Gasteiger partial charge in [-0.25, -0.2) is 9.78 Å². The Kier molecular flexibility index (Phi) is 7.93. The molecule has 1 N–H and O–H groups in total. The fraction of sp³-hybridized carbons (Fsp3) is 0.692. The molecular formula is C13H22N6O2. The van der Waals surface area contributed by atoms with Crippen molar-refractivity contribution < 1.29 is 9.53 Å². The van der Waals surface area contributed by atoms with Gasteiger partial charge in [-0.15, -0.1) is 0 Å². The van der Waals surface area contributed by atoms with Gasteiger partial charge >= 0.3 is 5.97 Å². The summed E-state index contributed by atoms with van der Waals surface area (Å²) in [5.74, 6) is -0.320. The maximum absolute atomic E-state index is 12.1. The molecule has 21 heavy (non-hydrogen) atoms. The molecule has 0 aliphatic rings. The smallest absolute Gasteiger partial charge is 0.329 e. The van der Waals surface area contributed by atoms with Crippen LogP contribution in [-0.4, -0.2) is 35.2 Å². The van der Waals surface area contributed by atoms with E-state index < -0.39 is 6.04 Å². The average molecular weight is 294 g/mol. The van der Waals surface area contributed by atoms with Crippen molar-refractivity contribution in [3.8, 4) is 0 Å². The molecule has 0 fully saturated rings. The molecule has 1 aromatic rings. The number of nitrogens with one attached hydrogen (secondary N) is 1. The number of ether oxygens (including phenoxy) is 1. The minimum absolute atomic E-state index is 0.320. The molecule has 8 nitrogen and oxygen atoms in total. The van der Waals surface area contributed by atoms with Crippen LogP contribution in [0.2, 0.25) is 0 Å². The Morgan fingerprint density at radius 3 is 3.10 bits per heavy atom. The topological polar surface area (TPSA) is 105 Å². The molecule has 0 amide bonds. The van der Waals surface area contributed by atoms with Gasteiger partial charge in [0, 0.05) is 18.0 Å². The van der Waals surface area contributed by atoms with E-state index in [1.807, 2.05) is 4.57 Å². The number of esters is 1. The van der Waals surface area contributed by atoms with Crippen molar-refractivity contribution in [1.82, 2.24) is 14.9 Å². The van der Waals surface area contributed by atoms with E-state index in [2.05, 4.69) is 27.3 Å². The van der Waals surface area contributed by atoms with Crippen LogP contribution in [0.15, 0.2) is 17.6 Å². The van der Waals surface area contributed by atoms with Gasteiger partial charge in [0.05, 0.1) is 24.8 Å². The number of carbonyl (C=O) groups is 1. The lowest BCUT2D eigenvalue weighted by Crippen LogP contribution is -2.33. The maximum Gasteiger partial charge on any atom is 0.329 e. The van der Waals surface area contributed by atoms with Crippen LogP contribution >= 0.6 is 0 Å². The third-order valence-corrected chi connectivity index (χ3v) is 2.87. The fourth-order valence-corrected chi connectivity index (χ4v) is 1.97. The van der Waals surface area contributed by atoms with Crippen LogP contribution in [0.1, 0.15) is 38.4 Å². The van der Waals surface area contributed by atoms with Gasteiger partial charge in [-0.1, -0.05) is 12.0 Å².